The minimum atomic E-state index is -0.962. The van der Waals surface area contributed by atoms with Crippen molar-refractivity contribution in [2.24, 2.45) is 0 Å². The lowest BCUT2D eigenvalue weighted by molar-refractivity contribution is 0.0697. The smallest absolute Gasteiger partial charge is 0.339 e. The van der Waals surface area contributed by atoms with Crippen LogP contribution in [0.2, 0.25) is 0 Å². The highest BCUT2D eigenvalue weighted by Gasteiger charge is 2.26. The van der Waals surface area contributed by atoms with Crippen molar-refractivity contribution in [3.63, 3.8) is 0 Å². The molecule has 6 heteroatoms. The summed E-state index contributed by atoms with van der Waals surface area (Å²) in [6, 6.07) is -0.352. The van der Waals surface area contributed by atoms with Gasteiger partial charge in [0, 0.05) is 11.4 Å². The largest absolute Gasteiger partial charge is 0.478 e. The van der Waals surface area contributed by atoms with Crippen LogP contribution in [0.4, 0.5) is 9.80 Å². The van der Waals surface area contributed by atoms with Crippen LogP contribution in [0, 0.1) is 0 Å². The number of nitrogens with one attached hydrogen (secondary N) is 2. The van der Waals surface area contributed by atoms with E-state index in [4.69, 9.17) is 0 Å². The molecule has 0 saturated carbocycles. The lowest BCUT2D eigenvalue weighted by Gasteiger charge is -2.05. The number of carboxylic acids is 1. The van der Waals surface area contributed by atoms with Crippen LogP contribution in [0.25, 0.3) is 0 Å². The topological polar surface area (TPSA) is 78.4 Å². The third kappa shape index (κ3) is 2.26. The Bertz CT molecular complexity index is 468. The van der Waals surface area contributed by atoms with Crippen molar-refractivity contribution in [3.05, 3.63) is 16.0 Å². The molecule has 17 heavy (non-hydrogen) atoms. The molecule has 92 valence electrons. The maximum absolute atomic E-state index is 11.4. The number of amides is 2. The van der Waals surface area contributed by atoms with Crippen LogP contribution in [0.1, 0.15) is 34.1 Å². The van der Waals surface area contributed by atoms with Gasteiger partial charge in [-0.2, -0.15) is 0 Å². The summed E-state index contributed by atoms with van der Waals surface area (Å²) in [6.45, 7) is 2.32. The zero-order valence-electron chi connectivity index (χ0n) is 9.50. The molecule has 0 unspecified atom stereocenters. The third-order valence-corrected chi connectivity index (χ3v) is 3.91. The number of hydrogen-bond acceptors (Lipinski definition) is 3. The summed E-state index contributed by atoms with van der Waals surface area (Å²) in [5.74, 6) is -0.962. The van der Waals surface area contributed by atoms with E-state index in [1.807, 2.05) is 6.92 Å². The van der Waals surface area contributed by atoms with Crippen LogP contribution < -0.4 is 10.6 Å². The van der Waals surface area contributed by atoms with Gasteiger partial charge in [0.1, 0.15) is 5.00 Å². The SMILES string of the molecule is CCNC(=O)Nc1sc2c(c1C(=O)O)CCC2. The number of aromatic carboxylic acids is 1. The van der Waals surface area contributed by atoms with Gasteiger partial charge >= 0.3 is 12.0 Å². The van der Waals surface area contributed by atoms with Gasteiger partial charge in [0.15, 0.2) is 0 Å². The van der Waals surface area contributed by atoms with Crippen LogP contribution in [0.5, 0.6) is 0 Å². The molecule has 0 aromatic carbocycles. The predicted octanol–water partition coefficient (Wildman–Crippen LogP) is 2.08. The summed E-state index contributed by atoms with van der Waals surface area (Å²) >= 11 is 1.38. The molecule has 1 aromatic rings. The van der Waals surface area contributed by atoms with Gasteiger partial charge in [-0.1, -0.05) is 0 Å². The number of carbonyl (C=O) groups excluding carboxylic acids is 1. The molecule has 1 aliphatic rings. The van der Waals surface area contributed by atoms with Crippen molar-refractivity contribution in [1.82, 2.24) is 5.32 Å². The summed E-state index contributed by atoms with van der Waals surface area (Å²) in [5.41, 5.74) is 1.17. The second-order valence-corrected chi connectivity index (χ2v) is 4.96. The molecule has 0 saturated heterocycles. The number of thiophene rings is 1. The number of aryl methyl sites for hydroxylation is 1. The van der Waals surface area contributed by atoms with E-state index in [9.17, 15) is 14.7 Å². The van der Waals surface area contributed by atoms with Crippen LogP contribution >= 0.6 is 11.3 Å². The number of fused-ring (bicyclic) bond motifs is 1. The molecule has 1 aliphatic carbocycles. The molecule has 0 bridgehead atoms. The Labute approximate surface area is 103 Å². The Morgan fingerprint density at radius 2 is 2.18 bits per heavy atom. The van der Waals surface area contributed by atoms with Gasteiger partial charge in [0.2, 0.25) is 0 Å². The molecule has 1 heterocycles. The molecule has 5 nitrogen and oxygen atoms in total. The number of carboxylic acid groups (broad SMARTS) is 1. The Kier molecular flexibility index (Phi) is 3.33. The number of carbonyl (C=O) groups is 2. The van der Waals surface area contributed by atoms with E-state index in [0.29, 0.717) is 11.5 Å². The summed E-state index contributed by atoms with van der Waals surface area (Å²) < 4.78 is 0. The molecule has 0 radical (unpaired) electrons. The van der Waals surface area contributed by atoms with Crippen molar-refractivity contribution in [3.8, 4) is 0 Å². The van der Waals surface area contributed by atoms with Crippen molar-refractivity contribution in [2.75, 3.05) is 11.9 Å². The highest BCUT2D eigenvalue weighted by molar-refractivity contribution is 7.17. The minimum absolute atomic E-state index is 0.272. The fourth-order valence-electron chi connectivity index (χ4n) is 2.03. The number of hydrogen-bond donors (Lipinski definition) is 3. The number of anilines is 1. The predicted molar refractivity (Wildman–Crippen MR) is 66.0 cm³/mol. The maximum Gasteiger partial charge on any atom is 0.339 e. The first-order chi connectivity index (χ1) is 8.13. The van der Waals surface area contributed by atoms with E-state index in [-0.39, 0.29) is 11.6 Å². The van der Waals surface area contributed by atoms with Gasteiger partial charge in [-0.15, -0.1) is 11.3 Å². The fraction of sp³-hybridized carbons (Fsp3) is 0.455. The van der Waals surface area contributed by atoms with Crippen molar-refractivity contribution < 1.29 is 14.7 Å². The Morgan fingerprint density at radius 3 is 2.82 bits per heavy atom. The van der Waals surface area contributed by atoms with E-state index in [2.05, 4.69) is 10.6 Å². The van der Waals surface area contributed by atoms with Crippen LogP contribution in [0.15, 0.2) is 0 Å². The Balaban J connectivity index is 2.28. The lowest BCUT2D eigenvalue weighted by Crippen LogP contribution is -2.28. The highest BCUT2D eigenvalue weighted by atomic mass is 32.1. The zero-order valence-corrected chi connectivity index (χ0v) is 10.3. The second kappa shape index (κ2) is 4.75. The van der Waals surface area contributed by atoms with Gasteiger partial charge < -0.3 is 10.4 Å². The van der Waals surface area contributed by atoms with E-state index >= 15 is 0 Å². The summed E-state index contributed by atoms with van der Waals surface area (Å²) in [6.07, 6.45) is 2.71. The molecule has 3 N–H and O–H groups in total. The minimum Gasteiger partial charge on any atom is -0.478 e. The van der Waals surface area contributed by atoms with Crippen LogP contribution in [-0.2, 0) is 12.8 Å². The quantitative estimate of drug-likeness (QED) is 0.772. The van der Waals surface area contributed by atoms with Gasteiger partial charge in [-0.25, -0.2) is 9.59 Å². The molecule has 2 rings (SSSR count). The molecule has 0 fully saturated rings. The first-order valence-corrected chi connectivity index (χ1v) is 6.37. The Hall–Kier alpha value is -1.56. The first-order valence-electron chi connectivity index (χ1n) is 5.56. The first kappa shape index (κ1) is 11.9. The van der Waals surface area contributed by atoms with Gasteiger partial charge in [-0.3, -0.25) is 5.32 Å². The van der Waals surface area contributed by atoms with Crippen molar-refractivity contribution in [2.45, 2.75) is 26.2 Å². The molecular weight excluding hydrogens is 240 g/mol. The van der Waals surface area contributed by atoms with Crippen molar-refractivity contribution >= 4 is 28.3 Å². The molecule has 0 aliphatic heterocycles. The van der Waals surface area contributed by atoms with E-state index in [1.54, 1.807) is 0 Å². The average molecular weight is 254 g/mol. The lowest BCUT2D eigenvalue weighted by atomic mass is 10.1. The third-order valence-electron chi connectivity index (χ3n) is 2.70. The zero-order chi connectivity index (χ0) is 12.4. The van der Waals surface area contributed by atoms with E-state index in [1.165, 1.54) is 11.3 Å². The molecule has 0 spiro atoms. The van der Waals surface area contributed by atoms with Crippen molar-refractivity contribution in [1.29, 1.82) is 0 Å². The Morgan fingerprint density at radius 1 is 1.41 bits per heavy atom. The summed E-state index contributed by atoms with van der Waals surface area (Å²) in [4.78, 5) is 23.7. The number of rotatable bonds is 3. The highest BCUT2D eigenvalue weighted by Crippen LogP contribution is 2.38. The molecule has 1 aromatic heterocycles. The van der Waals surface area contributed by atoms with Gasteiger partial charge in [-0.05, 0) is 31.7 Å². The van der Waals surface area contributed by atoms with Crippen LogP contribution in [-0.4, -0.2) is 23.7 Å². The average Bonchev–Trinajstić information content (AvgIpc) is 2.76. The maximum atomic E-state index is 11.4. The molecule has 0 atom stereocenters. The van der Waals surface area contributed by atoms with Crippen LogP contribution in [0.3, 0.4) is 0 Å². The van der Waals surface area contributed by atoms with E-state index in [0.717, 1.165) is 29.7 Å². The molecule has 2 amide bonds. The standard InChI is InChI=1S/C11H14N2O3S/c1-2-12-11(16)13-9-8(10(14)15)6-4-3-5-7(6)17-9/h2-5H2,1H3,(H,14,15)(H2,12,13,16). The second-order valence-electron chi connectivity index (χ2n) is 3.85. The summed E-state index contributed by atoms with van der Waals surface area (Å²) in [7, 11) is 0. The van der Waals surface area contributed by atoms with Gasteiger partial charge in [0.05, 0.1) is 5.56 Å². The number of urea groups is 1. The van der Waals surface area contributed by atoms with E-state index < -0.39 is 5.97 Å². The monoisotopic (exact) mass is 254 g/mol. The summed E-state index contributed by atoms with van der Waals surface area (Å²) in [5, 5.41) is 14.8. The molecular formula is C11H14N2O3S. The fourth-order valence-corrected chi connectivity index (χ4v) is 3.30. The van der Waals surface area contributed by atoms with Gasteiger partial charge in [0.25, 0.3) is 0 Å². The normalized spacial score (nSPS) is 13.2.